The smallest absolute Gasteiger partial charge is 0.00684 e. The van der Waals surface area contributed by atoms with Gasteiger partial charge in [-0.25, -0.2) is 0 Å². The minimum Gasteiger partial charge on any atom is -0.313 e. The molecule has 2 rings (SSSR count). The molecule has 0 amide bonds. The molecular formula is C17H34N2. The van der Waals surface area contributed by atoms with E-state index in [4.69, 9.17) is 0 Å². The van der Waals surface area contributed by atoms with Crippen LogP contribution in [0.4, 0.5) is 0 Å². The van der Waals surface area contributed by atoms with Crippen molar-refractivity contribution in [1.29, 1.82) is 0 Å². The first-order chi connectivity index (χ1) is 9.24. The topological polar surface area (TPSA) is 15.3 Å². The maximum Gasteiger partial charge on any atom is 0.00684 e. The molecule has 1 N–H and O–H groups in total. The van der Waals surface area contributed by atoms with E-state index < -0.39 is 0 Å². The summed E-state index contributed by atoms with van der Waals surface area (Å²) in [5.74, 6) is 0. The Balaban J connectivity index is 1.77. The van der Waals surface area contributed by atoms with Gasteiger partial charge in [-0.3, -0.25) is 0 Å². The van der Waals surface area contributed by atoms with E-state index in [0.717, 1.165) is 6.04 Å². The lowest BCUT2D eigenvalue weighted by Crippen LogP contribution is -2.45. The Hall–Kier alpha value is -0.0800. The van der Waals surface area contributed by atoms with E-state index in [1.54, 1.807) is 0 Å². The van der Waals surface area contributed by atoms with Gasteiger partial charge in [0.25, 0.3) is 0 Å². The molecule has 0 aromatic heterocycles. The van der Waals surface area contributed by atoms with Gasteiger partial charge in [0.1, 0.15) is 0 Å². The predicted octanol–water partition coefficient (Wildman–Crippen LogP) is 3.81. The monoisotopic (exact) mass is 266 g/mol. The van der Waals surface area contributed by atoms with E-state index in [0.29, 0.717) is 5.41 Å². The summed E-state index contributed by atoms with van der Waals surface area (Å²) < 4.78 is 0. The van der Waals surface area contributed by atoms with Crippen molar-refractivity contribution in [3.8, 4) is 0 Å². The molecule has 0 saturated heterocycles. The maximum absolute atomic E-state index is 3.81. The lowest BCUT2D eigenvalue weighted by Gasteiger charge is -2.40. The Morgan fingerprint density at radius 3 is 2.47 bits per heavy atom. The fourth-order valence-electron chi connectivity index (χ4n) is 3.62. The molecule has 0 aromatic carbocycles. The molecule has 0 radical (unpaired) electrons. The minimum atomic E-state index is 0.585. The first-order valence-electron chi connectivity index (χ1n) is 8.66. The van der Waals surface area contributed by atoms with Gasteiger partial charge in [-0.2, -0.15) is 0 Å². The van der Waals surface area contributed by atoms with Gasteiger partial charge in [0.2, 0.25) is 0 Å². The van der Waals surface area contributed by atoms with Crippen LogP contribution in [0, 0.1) is 5.41 Å². The highest BCUT2D eigenvalue weighted by molar-refractivity contribution is 4.91. The average molecular weight is 266 g/mol. The Kier molecular flexibility index (Phi) is 6.15. The molecule has 112 valence electrons. The van der Waals surface area contributed by atoms with Crippen LogP contribution in [0.2, 0.25) is 0 Å². The second-order valence-electron chi connectivity index (χ2n) is 7.16. The molecule has 2 saturated carbocycles. The van der Waals surface area contributed by atoms with Crippen molar-refractivity contribution in [1.82, 2.24) is 10.2 Å². The van der Waals surface area contributed by atoms with Gasteiger partial charge in [-0.1, -0.05) is 39.0 Å². The summed E-state index contributed by atoms with van der Waals surface area (Å²) in [6, 6.07) is 0.865. The van der Waals surface area contributed by atoms with Crippen LogP contribution in [0.5, 0.6) is 0 Å². The van der Waals surface area contributed by atoms with Crippen LogP contribution in [-0.2, 0) is 0 Å². The molecule has 19 heavy (non-hydrogen) atoms. The van der Waals surface area contributed by atoms with Crippen LogP contribution in [0.25, 0.3) is 0 Å². The Morgan fingerprint density at radius 2 is 1.84 bits per heavy atom. The van der Waals surface area contributed by atoms with Crippen molar-refractivity contribution in [3.63, 3.8) is 0 Å². The lowest BCUT2D eigenvalue weighted by molar-refractivity contribution is 0.116. The quantitative estimate of drug-likeness (QED) is 0.638. The number of hydrogen-bond acceptors (Lipinski definition) is 2. The van der Waals surface area contributed by atoms with Crippen LogP contribution in [-0.4, -0.2) is 37.6 Å². The van der Waals surface area contributed by atoms with Crippen molar-refractivity contribution < 1.29 is 0 Å². The number of nitrogens with one attached hydrogen (secondary N) is 1. The number of nitrogens with zero attached hydrogens (tertiary/aromatic N) is 1. The predicted molar refractivity (Wildman–Crippen MR) is 83.6 cm³/mol. The lowest BCUT2D eigenvalue weighted by atomic mass is 9.73. The fourth-order valence-corrected chi connectivity index (χ4v) is 3.62. The van der Waals surface area contributed by atoms with E-state index >= 15 is 0 Å². The first-order valence-corrected chi connectivity index (χ1v) is 8.66. The molecule has 0 aromatic rings. The molecule has 0 spiro atoms. The average Bonchev–Trinajstić information content (AvgIpc) is 3.22. The fraction of sp³-hybridized carbons (Fsp3) is 1.00. The van der Waals surface area contributed by atoms with Crippen molar-refractivity contribution in [3.05, 3.63) is 0 Å². The summed E-state index contributed by atoms with van der Waals surface area (Å²) in [7, 11) is 2.34. The van der Waals surface area contributed by atoms with Crippen molar-refractivity contribution >= 4 is 0 Å². The molecule has 2 aliphatic carbocycles. The zero-order valence-corrected chi connectivity index (χ0v) is 13.2. The van der Waals surface area contributed by atoms with Gasteiger partial charge in [0.15, 0.2) is 0 Å². The van der Waals surface area contributed by atoms with Gasteiger partial charge in [0.05, 0.1) is 0 Å². The second kappa shape index (κ2) is 7.64. The highest BCUT2D eigenvalue weighted by atomic mass is 15.1. The van der Waals surface area contributed by atoms with Crippen LogP contribution in [0.15, 0.2) is 0 Å². The Morgan fingerprint density at radius 1 is 1.11 bits per heavy atom. The van der Waals surface area contributed by atoms with E-state index in [1.807, 2.05) is 0 Å². The number of hydrogen-bond donors (Lipinski definition) is 1. The Bertz CT molecular complexity index is 242. The third-order valence-electron chi connectivity index (χ3n) is 5.01. The van der Waals surface area contributed by atoms with Crippen LogP contribution >= 0.6 is 0 Å². The van der Waals surface area contributed by atoms with Crippen LogP contribution in [0.1, 0.15) is 71.1 Å². The first kappa shape index (κ1) is 15.3. The van der Waals surface area contributed by atoms with Gasteiger partial charge in [-0.05, 0) is 51.1 Å². The molecule has 0 aliphatic heterocycles. The highest BCUT2D eigenvalue weighted by Crippen LogP contribution is 2.37. The van der Waals surface area contributed by atoms with E-state index in [1.165, 1.54) is 83.8 Å². The van der Waals surface area contributed by atoms with Gasteiger partial charge < -0.3 is 10.2 Å². The van der Waals surface area contributed by atoms with Crippen molar-refractivity contribution in [2.24, 2.45) is 5.41 Å². The molecule has 0 atom stereocenters. The van der Waals surface area contributed by atoms with Gasteiger partial charge >= 0.3 is 0 Å². The summed E-state index contributed by atoms with van der Waals surface area (Å²) in [5, 5.41) is 3.81. The molecule has 0 unspecified atom stereocenters. The molecule has 2 aliphatic rings. The normalized spacial score (nSPS) is 22.9. The number of rotatable bonds is 9. The SMILES string of the molecule is CCCCCN(C)CC1(CNC2CC2)CCCCC1. The summed E-state index contributed by atoms with van der Waals surface area (Å²) >= 11 is 0. The zero-order valence-electron chi connectivity index (χ0n) is 13.2. The standard InChI is InChI=1S/C17H34N2/c1-3-4-8-13-19(2)15-17(11-6-5-7-12-17)14-18-16-9-10-16/h16,18H,3-15H2,1-2H3. The van der Waals surface area contributed by atoms with Crippen LogP contribution < -0.4 is 5.32 Å². The second-order valence-corrected chi connectivity index (χ2v) is 7.16. The summed E-state index contributed by atoms with van der Waals surface area (Å²) in [6.45, 7) is 6.17. The third kappa shape index (κ3) is 5.43. The zero-order chi connectivity index (χ0) is 13.6. The van der Waals surface area contributed by atoms with Gasteiger partial charge in [-0.15, -0.1) is 0 Å². The number of unbranched alkanes of at least 4 members (excludes halogenated alkanes) is 2. The van der Waals surface area contributed by atoms with E-state index in [-0.39, 0.29) is 0 Å². The summed E-state index contributed by atoms with van der Waals surface area (Å²) in [6.07, 6.45) is 14.2. The molecule has 2 fully saturated rings. The molecule has 0 bridgehead atoms. The molecule has 2 nitrogen and oxygen atoms in total. The summed E-state index contributed by atoms with van der Waals surface area (Å²) in [5.41, 5.74) is 0.585. The maximum atomic E-state index is 3.81. The molecular weight excluding hydrogens is 232 g/mol. The van der Waals surface area contributed by atoms with Gasteiger partial charge in [0, 0.05) is 19.1 Å². The minimum absolute atomic E-state index is 0.585. The van der Waals surface area contributed by atoms with Crippen LogP contribution in [0.3, 0.4) is 0 Å². The Labute approximate surface area is 120 Å². The van der Waals surface area contributed by atoms with Crippen molar-refractivity contribution in [2.45, 2.75) is 77.2 Å². The molecule has 2 heteroatoms. The van der Waals surface area contributed by atoms with E-state index in [9.17, 15) is 0 Å². The van der Waals surface area contributed by atoms with E-state index in [2.05, 4.69) is 24.2 Å². The highest BCUT2D eigenvalue weighted by Gasteiger charge is 2.34. The van der Waals surface area contributed by atoms with Crippen molar-refractivity contribution in [2.75, 3.05) is 26.7 Å². The largest absolute Gasteiger partial charge is 0.313 e. The molecule has 0 heterocycles. The third-order valence-corrected chi connectivity index (χ3v) is 5.01. The summed E-state index contributed by atoms with van der Waals surface area (Å²) in [4.78, 5) is 2.61.